The third-order valence-electron chi connectivity index (χ3n) is 1.61. The van der Waals surface area contributed by atoms with E-state index in [0.717, 1.165) is 5.75 Å². The molecule has 0 unspecified atom stereocenters. The van der Waals surface area contributed by atoms with Crippen molar-refractivity contribution in [1.82, 2.24) is 0 Å². The summed E-state index contributed by atoms with van der Waals surface area (Å²) in [7, 11) is 0. The Bertz CT molecular complexity index is 233. The molecule has 0 N–H and O–H groups in total. The number of halogens is 1. The van der Waals surface area contributed by atoms with Gasteiger partial charge in [-0.15, -0.1) is 0 Å². The van der Waals surface area contributed by atoms with Gasteiger partial charge >= 0.3 is 0 Å². The first kappa shape index (κ1) is 8.84. The predicted octanol–water partition coefficient (Wildman–Crippen LogP) is 3.54. The van der Waals surface area contributed by atoms with Gasteiger partial charge in [-0.25, -0.2) is 0 Å². The van der Waals surface area contributed by atoms with Crippen LogP contribution in [0, 0.1) is 0 Å². The van der Waals surface area contributed by atoms with Crippen LogP contribution in [0.2, 0.25) is 0 Å². The van der Waals surface area contributed by atoms with Crippen LogP contribution in [0.1, 0.15) is 25.3 Å². The van der Waals surface area contributed by atoms with Crippen LogP contribution in [0.15, 0.2) is 24.3 Å². The van der Waals surface area contributed by atoms with Gasteiger partial charge in [-0.05, 0) is 23.6 Å². The van der Waals surface area contributed by atoms with Crippen molar-refractivity contribution in [2.45, 2.75) is 19.8 Å². The van der Waals surface area contributed by atoms with Gasteiger partial charge in [0.2, 0.25) is 0 Å². The molecule has 2 heteroatoms. The van der Waals surface area contributed by atoms with Gasteiger partial charge in [-0.3, -0.25) is 0 Å². The van der Waals surface area contributed by atoms with Crippen molar-refractivity contribution in [3.8, 4) is 5.75 Å². The van der Waals surface area contributed by atoms with Crippen molar-refractivity contribution in [3.05, 3.63) is 29.8 Å². The Morgan fingerprint density at radius 1 is 1.36 bits per heavy atom. The third kappa shape index (κ3) is 2.36. The highest BCUT2D eigenvalue weighted by Gasteiger charge is 1.99. The molecular weight excluding hydrogens is 251 g/mol. The van der Waals surface area contributed by atoms with Crippen molar-refractivity contribution in [3.63, 3.8) is 0 Å². The van der Waals surface area contributed by atoms with E-state index in [-0.39, 0.29) is 0 Å². The highest BCUT2D eigenvalue weighted by molar-refractivity contribution is 14.1. The molecule has 0 aromatic heterocycles. The van der Waals surface area contributed by atoms with E-state index in [2.05, 4.69) is 26.0 Å². The molecule has 0 fully saturated rings. The van der Waals surface area contributed by atoms with E-state index in [1.54, 1.807) is 0 Å². The van der Waals surface area contributed by atoms with Crippen LogP contribution >= 0.6 is 23.0 Å². The van der Waals surface area contributed by atoms with Crippen LogP contribution in [0.4, 0.5) is 0 Å². The maximum atomic E-state index is 5.08. The van der Waals surface area contributed by atoms with E-state index in [9.17, 15) is 0 Å². The normalized spacial score (nSPS) is 10.2. The van der Waals surface area contributed by atoms with Gasteiger partial charge in [-0.2, -0.15) is 0 Å². The minimum atomic E-state index is 0.571. The van der Waals surface area contributed by atoms with Gasteiger partial charge in [0.05, 0.1) is 0 Å². The molecule has 0 saturated heterocycles. The van der Waals surface area contributed by atoms with Gasteiger partial charge in [0.25, 0.3) is 0 Å². The lowest BCUT2D eigenvalue weighted by Crippen LogP contribution is -1.86. The number of benzene rings is 1. The fourth-order valence-electron chi connectivity index (χ4n) is 0.922. The Balaban J connectivity index is 2.91. The summed E-state index contributed by atoms with van der Waals surface area (Å²) >= 11 is 1.89. The minimum absolute atomic E-state index is 0.571. The molecular formula is C9H11IO. The summed E-state index contributed by atoms with van der Waals surface area (Å²) in [4.78, 5) is 0. The number of hydrogen-bond acceptors (Lipinski definition) is 1. The van der Waals surface area contributed by atoms with Crippen LogP contribution in [-0.4, -0.2) is 0 Å². The first-order valence-corrected chi connectivity index (χ1v) is 4.50. The lowest BCUT2D eigenvalue weighted by molar-refractivity contribution is 0.711. The summed E-state index contributed by atoms with van der Waals surface area (Å²) in [6, 6.07) is 8.16. The first-order valence-electron chi connectivity index (χ1n) is 3.62. The SMILES string of the molecule is CC(C)c1cccc(OI)c1. The van der Waals surface area contributed by atoms with Crippen LogP contribution in [-0.2, 0) is 0 Å². The van der Waals surface area contributed by atoms with Gasteiger partial charge in [0, 0.05) is 0 Å². The van der Waals surface area contributed by atoms with E-state index in [1.807, 2.05) is 35.1 Å². The van der Waals surface area contributed by atoms with Gasteiger partial charge in [0.15, 0.2) is 23.0 Å². The molecule has 11 heavy (non-hydrogen) atoms. The van der Waals surface area contributed by atoms with E-state index in [1.165, 1.54) is 5.56 Å². The zero-order valence-corrected chi connectivity index (χ0v) is 8.83. The molecule has 0 aliphatic heterocycles. The molecule has 0 radical (unpaired) electrons. The predicted molar refractivity (Wildman–Crippen MR) is 55.2 cm³/mol. The summed E-state index contributed by atoms with van der Waals surface area (Å²) in [5.74, 6) is 1.50. The Morgan fingerprint density at radius 3 is 2.64 bits per heavy atom. The molecule has 0 aliphatic rings. The second-order valence-electron chi connectivity index (χ2n) is 2.80. The zero-order chi connectivity index (χ0) is 8.27. The average molecular weight is 262 g/mol. The zero-order valence-electron chi connectivity index (χ0n) is 6.67. The molecule has 60 valence electrons. The summed E-state index contributed by atoms with van der Waals surface area (Å²) in [5.41, 5.74) is 1.32. The van der Waals surface area contributed by atoms with Gasteiger partial charge in [-0.1, -0.05) is 26.0 Å². The fourth-order valence-corrected chi connectivity index (χ4v) is 1.20. The second-order valence-corrected chi connectivity index (χ2v) is 3.24. The summed E-state index contributed by atoms with van der Waals surface area (Å²) in [6.07, 6.45) is 0. The molecule has 0 spiro atoms. The topological polar surface area (TPSA) is 9.23 Å². The summed E-state index contributed by atoms with van der Waals surface area (Å²) < 4.78 is 5.08. The maximum Gasteiger partial charge on any atom is 0.192 e. The van der Waals surface area contributed by atoms with E-state index < -0.39 is 0 Å². The lowest BCUT2D eigenvalue weighted by atomic mass is 10.0. The molecule has 1 nitrogen and oxygen atoms in total. The maximum absolute atomic E-state index is 5.08. The van der Waals surface area contributed by atoms with Crippen molar-refractivity contribution >= 4 is 23.0 Å². The van der Waals surface area contributed by atoms with Crippen molar-refractivity contribution in [2.75, 3.05) is 0 Å². The second kappa shape index (κ2) is 3.95. The molecule has 1 rings (SSSR count). The highest BCUT2D eigenvalue weighted by atomic mass is 127. The Hall–Kier alpha value is -0.250. The molecule has 0 bridgehead atoms. The molecule has 0 aliphatic carbocycles. The fraction of sp³-hybridized carbons (Fsp3) is 0.333. The smallest absolute Gasteiger partial charge is 0.192 e. The van der Waals surface area contributed by atoms with Crippen molar-refractivity contribution in [1.29, 1.82) is 0 Å². The molecule has 1 aromatic rings. The quantitative estimate of drug-likeness (QED) is 0.741. The van der Waals surface area contributed by atoms with Crippen LogP contribution in [0.3, 0.4) is 0 Å². The van der Waals surface area contributed by atoms with E-state index in [0.29, 0.717) is 5.92 Å². The van der Waals surface area contributed by atoms with E-state index in [4.69, 9.17) is 3.07 Å². The lowest BCUT2D eigenvalue weighted by Gasteiger charge is -2.05. The number of rotatable bonds is 2. The highest BCUT2D eigenvalue weighted by Crippen LogP contribution is 2.20. The van der Waals surface area contributed by atoms with Crippen LogP contribution < -0.4 is 3.07 Å². The Labute approximate surface area is 81.5 Å². The average Bonchev–Trinajstić information content (AvgIpc) is 2.05. The third-order valence-corrected chi connectivity index (χ3v) is 2.12. The van der Waals surface area contributed by atoms with Gasteiger partial charge < -0.3 is 3.07 Å². The van der Waals surface area contributed by atoms with Crippen LogP contribution in [0.5, 0.6) is 5.75 Å². The largest absolute Gasteiger partial charge is 0.428 e. The van der Waals surface area contributed by atoms with Gasteiger partial charge in [0.1, 0.15) is 5.75 Å². The number of hydrogen-bond donors (Lipinski definition) is 0. The molecule has 0 heterocycles. The molecule has 0 saturated carbocycles. The standard InChI is InChI=1S/C9H11IO/c1-7(2)8-4-3-5-9(6-8)11-10/h3-7H,1-2H3. The molecule has 0 atom stereocenters. The summed E-state index contributed by atoms with van der Waals surface area (Å²) in [6.45, 7) is 4.35. The monoisotopic (exact) mass is 262 g/mol. The van der Waals surface area contributed by atoms with Crippen molar-refractivity contribution in [2.24, 2.45) is 0 Å². The van der Waals surface area contributed by atoms with E-state index >= 15 is 0 Å². The van der Waals surface area contributed by atoms with Crippen LogP contribution in [0.25, 0.3) is 0 Å². The van der Waals surface area contributed by atoms with Crippen molar-refractivity contribution < 1.29 is 3.07 Å². The molecule has 1 aromatic carbocycles. The summed E-state index contributed by atoms with van der Waals surface area (Å²) in [5, 5.41) is 0. The minimum Gasteiger partial charge on any atom is -0.428 e. The first-order chi connectivity index (χ1) is 5.24. The molecule has 0 amide bonds. The Morgan fingerprint density at radius 2 is 2.09 bits per heavy atom. The Kier molecular flexibility index (Phi) is 3.17.